The number of cyclic esters (lactones) is 1. The lowest BCUT2D eigenvalue weighted by Gasteiger charge is -2.23. The minimum Gasteiger partial charge on any atom is -0.442 e. The summed E-state index contributed by atoms with van der Waals surface area (Å²) < 4.78 is 44.7. The van der Waals surface area contributed by atoms with Gasteiger partial charge in [0.25, 0.3) is 11.8 Å². The minimum absolute atomic E-state index is 0.0435. The molecule has 0 bridgehead atoms. The van der Waals surface area contributed by atoms with Gasteiger partial charge in [-0.1, -0.05) is 0 Å². The average Bonchev–Trinajstić information content (AvgIpc) is 3.06. The quantitative estimate of drug-likeness (QED) is 0.637. The Morgan fingerprint density at radius 3 is 2.74 bits per heavy atom. The first kappa shape index (κ1) is 24.2. The van der Waals surface area contributed by atoms with E-state index < -0.39 is 36.3 Å². The number of alkyl halides is 2. The number of carbonyl (C=O) groups excluding carboxylic acids is 3. The lowest BCUT2D eigenvalue weighted by Crippen LogP contribution is -2.37. The summed E-state index contributed by atoms with van der Waals surface area (Å²) in [6.07, 6.45) is -0.643. The van der Waals surface area contributed by atoms with Gasteiger partial charge in [-0.2, -0.15) is 8.78 Å². The molecule has 2 aliphatic rings. The van der Waals surface area contributed by atoms with E-state index in [9.17, 15) is 23.2 Å². The molecule has 2 aromatic rings. The standard InChI is InChI=1S/C21H21F3N6O5/c22-15-9-13(29-12-14(35-21(29)33)10-27-19(31)18(23)24)1-2-17(15)28-5-6-30(34-8-7-28)20(32)16-11-25-3-4-26-16/h1-4,9,11,14,18H,5-8,10,12H2,(H,27,31)/t14-/m0/s1. The first-order chi connectivity index (χ1) is 16.8. The summed E-state index contributed by atoms with van der Waals surface area (Å²) in [5.41, 5.74) is 0.588. The highest BCUT2D eigenvalue weighted by molar-refractivity contribution is 5.91. The molecular formula is C21H21F3N6O5. The van der Waals surface area contributed by atoms with Gasteiger partial charge in [-0.3, -0.25) is 24.3 Å². The molecule has 4 rings (SSSR count). The molecule has 2 saturated heterocycles. The monoisotopic (exact) mass is 494 g/mol. The fourth-order valence-corrected chi connectivity index (χ4v) is 3.64. The Hall–Kier alpha value is -3.94. The Balaban J connectivity index is 1.38. The van der Waals surface area contributed by atoms with E-state index >= 15 is 4.39 Å². The van der Waals surface area contributed by atoms with Gasteiger partial charge in [-0.25, -0.2) is 19.2 Å². The van der Waals surface area contributed by atoms with Crippen LogP contribution in [0.2, 0.25) is 0 Å². The van der Waals surface area contributed by atoms with Crippen molar-refractivity contribution in [2.45, 2.75) is 12.5 Å². The van der Waals surface area contributed by atoms with Gasteiger partial charge in [0, 0.05) is 25.5 Å². The number of rotatable bonds is 6. The van der Waals surface area contributed by atoms with E-state index in [2.05, 4.69) is 9.97 Å². The molecule has 0 radical (unpaired) electrons. The molecule has 1 aromatic carbocycles. The number of ether oxygens (including phenoxy) is 1. The number of nitrogens with one attached hydrogen (secondary N) is 1. The van der Waals surface area contributed by atoms with Crippen LogP contribution in [0.1, 0.15) is 10.5 Å². The van der Waals surface area contributed by atoms with E-state index in [1.54, 1.807) is 4.90 Å². The van der Waals surface area contributed by atoms with Crippen molar-refractivity contribution >= 4 is 29.3 Å². The lowest BCUT2D eigenvalue weighted by molar-refractivity contribution is -0.132. The van der Waals surface area contributed by atoms with Gasteiger partial charge in [0.05, 0.1) is 43.8 Å². The number of amides is 3. The fourth-order valence-electron chi connectivity index (χ4n) is 3.64. The third-order valence-electron chi connectivity index (χ3n) is 5.35. The number of hydrogen-bond acceptors (Lipinski definition) is 8. The summed E-state index contributed by atoms with van der Waals surface area (Å²) in [6.45, 7) is 0.526. The van der Waals surface area contributed by atoms with Crippen molar-refractivity contribution in [2.24, 2.45) is 0 Å². The van der Waals surface area contributed by atoms with E-state index in [0.29, 0.717) is 6.54 Å². The first-order valence-corrected chi connectivity index (χ1v) is 10.6. The largest absolute Gasteiger partial charge is 0.442 e. The van der Waals surface area contributed by atoms with Crippen LogP contribution < -0.4 is 15.1 Å². The molecule has 0 aliphatic carbocycles. The minimum atomic E-state index is -3.17. The molecule has 1 atom stereocenters. The second-order valence-electron chi connectivity index (χ2n) is 7.62. The Morgan fingerprint density at radius 2 is 2.03 bits per heavy atom. The summed E-state index contributed by atoms with van der Waals surface area (Å²) >= 11 is 0. The maximum atomic E-state index is 15.0. The average molecular weight is 494 g/mol. The maximum Gasteiger partial charge on any atom is 0.414 e. The third kappa shape index (κ3) is 5.59. The molecule has 14 heteroatoms. The van der Waals surface area contributed by atoms with Gasteiger partial charge in [0.2, 0.25) is 0 Å². The van der Waals surface area contributed by atoms with Crippen molar-refractivity contribution in [1.82, 2.24) is 20.3 Å². The van der Waals surface area contributed by atoms with Crippen LogP contribution in [0.5, 0.6) is 0 Å². The van der Waals surface area contributed by atoms with Crippen molar-refractivity contribution in [3.8, 4) is 0 Å². The number of carbonyl (C=O) groups is 3. The highest BCUT2D eigenvalue weighted by Gasteiger charge is 2.34. The van der Waals surface area contributed by atoms with Crippen molar-refractivity contribution < 1.29 is 37.1 Å². The second-order valence-corrected chi connectivity index (χ2v) is 7.62. The summed E-state index contributed by atoms with van der Waals surface area (Å²) in [4.78, 5) is 51.9. The molecule has 2 fully saturated rings. The topological polar surface area (TPSA) is 117 Å². The van der Waals surface area contributed by atoms with Crippen molar-refractivity contribution in [3.63, 3.8) is 0 Å². The van der Waals surface area contributed by atoms with E-state index in [1.807, 2.05) is 5.32 Å². The van der Waals surface area contributed by atoms with Crippen LogP contribution in [0.3, 0.4) is 0 Å². The zero-order chi connectivity index (χ0) is 24.9. The summed E-state index contributed by atoms with van der Waals surface area (Å²) in [6, 6.07) is 4.17. The molecule has 1 aromatic heterocycles. The van der Waals surface area contributed by atoms with E-state index in [-0.39, 0.29) is 49.9 Å². The van der Waals surface area contributed by atoms with Gasteiger partial charge in [0.1, 0.15) is 17.6 Å². The Labute approximate surface area is 197 Å². The zero-order valence-corrected chi connectivity index (χ0v) is 18.3. The smallest absolute Gasteiger partial charge is 0.414 e. The molecule has 0 unspecified atom stereocenters. The normalized spacial score (nSPS) is 18.5. The van der Waals surface area contributed by atoms with E-state index in [1.165, 1.54) is 30.7 Å². The van der Waals surface area contributed by atoms with Crippen LogP contribution in [0.15, 0.2) is 36.8 Å². The molecule has 1 N–H and O–H groups in total. The Morgan fingerprint density at radius 1 is 1.20 bits per heavy atom. The lowest BCUT2D eigenvalue weighted by atomic mass is 10.2. The van der Waals surface area contributed by atoms with Crippen LogP contribution in [0.4, 0.5) is 29.3 Å². The number of hydrogen-bond donors (Lipinski definition) is 1. The van der Waals surface area contributed by atoms with Gasteiger partial charge in [-0.15, -0.1) is 0 Å². The number of halogens is 3. The van der Waals surface area contributed by atoms with Crippen LogP contribution in [-0.2, 0) is 14.4 Å². The van der Waals surface area contributed by atoms with Crippen molar-refractivity contribution in [1.29, 1.82) is 0 Å². The van der Waals surface area contributed by atoms with Crippen molar-refractivity contribution in [2.75, 3.05) is 49.1 Å². The molecule has 0 saturated carbocycles. The molecule has 186 valence electrons. The summed E-state index contributed by atoms with van der Waals surface area (Å²) in [5, 5.41) is 3.14. The second kappa shape index (κ2) is 10.5. The fraction of sp³-hybridized carbons (Fsp3) is 0.381. The van der Waals surface area contributed by atoms with Crippen LogP contribution in [0, 0.1) is 5.82 Å². The summed E-state index contributed by atoms with van der Waals surface area (Å²) in [7, 11) is 0. The highest BCUT2D eigenvalue weighted by atomic mass is 19.3. The number of nitrogens with zero attached hydrogens (tertiary/aromatic N) is 5. The van der Waals surface area contributed by atoms with Crippen LogP contribution >= 0.6 is 0 Å². The van der Waals surface area contributed by atoms with Gasteiger partial charge < -0.3 is 15.0 Å². The molecular weight excluding hydrogens is 473 g/mol. The van der Waals surface area contributed by atoms with Crippen LogP contribution in [0.25, 0.3) is 0 Å². The highest BCUT2D eigenvalue weighted by Crippen LogP contribution is 2.28. The Kier molecular flexibility index (Phi) is 7.29. The number of benzene rings is 1. The molecule has 11 nitrogen and oxygen atoms in total. The van der Waals surface area contributed by atoms with E-state index in [4.69, 9.17) is 9.57 Å². The zero-order valence-electron chi connectivity index (χ0n) is 18.3. The van der Waals surface area contributed by atoms with Gasteiger partial charge in [0.15, 0.2) is 0 Å². The molecule has 2 aliphatic heterocycles. The number of aromatic nitrogens is 2. The molecule has 3 heterocycles. The van der Waals surface area contributed by atoms with Gasteiger partial charge in [-0.05, 0) is 18.2 Å². The number of anilines is 2. The number of hydroxylamine groups is 2. The Bertz CT molecular complexity index is 1090. The maximum absolute atomic E-state index is 15.0. The predicted molar refractivity (Wildman–Crippen MR) is 114 cm³/mol. The first-order valence-electron chi connectivity index (χ1n) is 10.6. The van der Waals surface area contributed by atoms with Crippen molar-refractivity contribution in [3.05, 3.63) is 48.3 Å². The molecule has 35 heavy (non-hydrogen) atoms. The summed E-state index contributed by atoms with van der Waals surface area (Å²) in [5.74, 6) is -2.53. The molecule has 3 amide bonds. The van der Waals surface area contributed by atoms with Gasteiger partial charge >= 0.3 is 12.5 Å². The van der Waals surface area contributed by atoms with E-state index in [0.717, 1.165) is 16.0 Å². The molecule has 0 spiro atoms. The predicted octanol–water partition coefficient (Wildman–Crippen LogP) is 1.22. The third-order valence-corrected chi connectivity index (χ3v) is 5.35. The van der Waals surface area contributed by atoms with Crippen LogP contribution in [-0.4, -0.2) is 84.8 Å². The SMILES string of the molecule is O=C(NC[C@H]1CN(c2ccc(N3CCON(C(=O)c4cnccn4)CC3)c(F)c2)C(=O)O1)C(F)F.